The molecule has 2 heteroatoms. The van der Waals surface area contributed by atoms with E-state index in [1.54, 1.807) is 0 Å². The summed E-state index contributed by atoms with van der Waals surface area (Å²) in [5, 5.41) is 1.23. The molecule has 2 nitrogen and oxygen atoms in total. The summed E-state index contributed by atoms with van der Waals surface area (Å²) in [7, 11) is 0. The van der Waals surface area contributed by atoms with Gasteiger partial charge in [0.05, 0.1) is 6.10 Å². The first-order valence-corrected chi connectivity index (χ1v) is 6.94. The highest BCUT2D eigenvalue weighted by Crippen LogP contribution is 2.32. The summed E-state index contributed by atoms with van der Waals surface area (Å²) in [6.07, 6.45) is 6.08. The number of nitrogens with one attached hydrogen (secondary N) is 1. The number of benzene rings is 1. The van der Waals surface area contributed by atoms with Crippen molar-refractivity contribution in [2.45, 2.75) is 39.2 Å². The van der Waals surface area contributed by atoms with Gasteiger partial charge in [-0.15, -0.1) is 0 Å². The van der Waals surface area contributed by atoms with Gasteiger partial charge in [0.2, 0.25) is 0 Å². The molecule has 1 aromatic carbocycles. The van der Waals surface area contributed by atoms with Crippen molar-refractivity contribution in [3.63, 3.8) is 0 Å². The van der Waals surface area contributed by atoms with Crippen LogP contribution in [-0.2, 0) is 0 Å². The van der Waals surface area contributed by atoms with Crippen molar-refractivity contribution in [2.24, 2.45) is 11.8 Å². The highest BCUT2D eigenvalue weighted by Gasteiger charge is 2.25. The molecule has 18 heavy (non-hydrogen) atoms. The smallest absolute Gasteiger partial charge is 0.120 e. The molecule has 0 spiro atoms. The second-order valence-corrected chi connectivity index (χ2v) is 5.88. The van der Waals surface area contributed by atoms with E-state index in [1.807, 2.05) is 6.20 Å². The predicted octanol–water partition coefficient (Wildman–Crippen LogP) is 4.37. The van der Waals surface area contributed by atoms with E-state index in [0.29, 0.717) is 6.10 Å². The molecule has 0 amide bonds. The topological polar surface area (TPSA) is 25.0 Å². The van der Waals surface area contributed by atoms with Crippen LogP contribution in [0.2, 0.25) is 0 Å². The van der Waals surface area contributed by atoms with E-state index in [-0.39, 0.29) is 0 Å². The molecule has 1 aliphatic carbocycles. The molecule has 96 valence electrons. The number of hydrogen-bond donors (Lipinski definition) is 1. The van der Waals surface area contributed by atoms with Gasteiger partial charge in [-0.05, 0) is 55.4 Å². The van der Waals surface area contributed by atoms with Crippen LogP contribution in [0.3, 0.4) is 0 Å². The van der Waals surface area contributed by atoms with E-state index in [2.05, 4.69) is 43.1 Å². The molecule has 0 radical (unpaired) electrons. The van der Waals surface area contributed by atoms with Gasteiger partial charge in [0.25, 0.3) is 0 Å². The first kappa shape index (κ1) is 11.6. The number of aromatic amines is 1. The van der Waals surface area contributed by atoms with Crippen molar-refractivity contribution in [3.8, 4) is 5.75 Å². The van der Waals surface area contributed by atoms with Crippen molar-refractivity contribution in [1.29, 1.82) is 0 Å². The van der Waals surface area contributed by atoms with Gasteiger partial charge >= 0.3 is 0 Å². The Bertz CT molecular complexity index is 521. The zero-order valence-electron chi connectivity index (χ0n) is 11.1. The minimum absolute atomic E-state index is 0.389. The molecular weight excluding hydrogens is 222 g/mol. The van der Waals surface area contributed by atoms with E-state index < -0.39 is 0 Å². The number of fused-ring (bicyclic) bond motifs is 1. The van der Waals surface area contributed by atoms with Crippen LogP contribution in [0, 0.1) is 11.8 Å². The van der Waals surface area contributed by atoms with E-state index >= 15 is 0 Å². The Kier molecular flexibility index (Phi) is 3.02. The summed E-state index contributed by atoms with van der Waals surface area (Å²) in [5.41, 5.74) is 1.17. The number of H-pyrrole nitrogens is 1. The lowest BCUT2D eigenvalue weighted by Crippen LogP contribution is -2.28. The molecule has 0 bridgehead atoms. The predicted molar refractivity (Wildman–Crippen MR) is 74.9 cm³/mol. The van der Waals surface area contributed by atoms with Gasteiger partial charge in [-0.3, -0.25) is 0 Å². The summed E-state index contributed by atoms with van der Waals surface area (Å²) in [6, 6.07) is 8.40. The lowest BCUT2D eigenvalue weighted by atomic mass is 9.82. The molecule has 1 saturated carbocycles. The maximum Gasteiger partial charge on any atom is 0.120 e. The lowest BCUT2D eigenvalue weighted by molar-refractivity contribution is 0.101. The quantitative estimate of drug-likeness (QED) is 0.832. The van der Waals surface area contributed by atoms with Crippen LogP contribution < -0.4 is 4.74 Å². The molecule has 2 unspecified atom stereocenters. The highest BCUT2D eigenvalue weighted by molar-refractivity contribution is 5.80. The Morgan fingerprint density at radius 2 is 1.83 bits per heavy atom. The molecule has 2 aromatic rings. The first-order valence-electron chi connectivity index (χ1n) is 6.94. The Morgan fingerprint density at radius 3 is 2.61 bits per heavy atom. The van der Waals surface area contributed by atoms with Crippen molar-refractivity contribution in [1.82, 2.24) is 4.98 Å². The zero-order chi connectivity index (χ0) is 12.5. The third-order valence-electron chi connectivity index (χ3n) is 3.96. The second kappa shape index (κ2) is 4.68. The average molecular weight is 243 g/mol. The fraction of sp³-hybridized carbons (Fsp3) is 0.500. The van der Waals surface area contributed by atoms with Gasteiger partial charge in [-0.25, -0.2) is 0 Å². The second-order valence-electron chi connectivity index (χ2n) is 5.88. The Balaban J connectivity index is 1.74. The van der Waals surface area contributed by atoms with Crippen LogP contribution in [0.5, 0.6) is 5.75 Å². The zero-order valence-corrected chi connectivity index (χ0v) is 11.1. The SMILES string of the molecule is CC1CC(C)CC(Oc2ccc3[nH]ccc3c2)C1. The number of rotatable bonds is 2. The Labute approximate surface area is 108 Å². The first-order chi connectivity index (χ1) is 8.70. The number of hydrogen-bond acceptors (Lipinski definition) is 1. The monoisotopic (exact) mass is 243 g/mol. The third-order valence-corrected chi connectivity index (χ3v) is 3.96. The van der Waals surface area contributed by atoms with Crippen molar-refractivity contribution in [2.75, 3.05) is 0 Å². The molecule has 1 heterocycles. The lowest BCUT2D eigenvalue weighted by Gasteiger charge is -2.31. The molecule has 3 rings (SSSR count). The van der Waals surface area contributed by atoms with E-state index in [1.165, 1.54) is 30.2 Å². The average Bonchev–Trinajstić information content (AvgIpc) is 2.74. The fourth-order valence-corrected chi connectivity index (χ4v) is 3.27. The van der Waals surface area contributed by atoms with Crippen molar-refractivity contribution in [3.05, 3.63) is 30.5 Å². The van der Waals surface area contributed by atoms with E-state index in [0.717, 1.165) is 17.6 Å². The summed E-state index contributed by atoms with van der Waals surface area (Å²) in [5.74, 6) is 2.58. The molecule has 1 fully saturated rings. The van der Waals surface area contributed by atoms with Gasteiger partial charge in [0, 0.05) is 17.1 Å². The van der Waals surface area contributed by atoms with Crippen LogP contribution in [0.15, 0.2) is 30.5 Å². The summed E-state index contributed by atoms with van der Waals surface area (Å²) in [6.45, 7) is 4.67. The van der Waals surface area contributed by atoms with Crippen LogP contribution >= 0.6 is 0 Å². The fourth-order valence-electron chi connectivity index (χ4n) is 3.27. The van der Waals surface area contributed by atoms with Gasteiger partial charge in [0.15, 0.2) is 0 Å². The van der Waals surface area contributed by atoms with Gasteiger partial charge < -0.3 is 9.72 Å². The maximum absolute atomic E-state index is 6.16. The number of ether oxygens (including phenoxy) is 1. The summed E-state index contributed by atoms with van der Waals surface area (Å²) < 4.78 is 6.16. The van der Waals surface area contributed by atoms with Gasteiger partial charge in [-0.1, -0.05) is 13.8 Å². The largest absolute Gasteiger partial charge is 0.490 e. The van der Waals surface area contributed by atoms with Gasteiger partial charge in [0.1, 0.15) is 5.75 Å². The minimum Gasteiger partial charge on any atom is -0.490 e. The summed E-state index contributed by atoms with van der Waals surface area (Å²) in [4.78, 5) is 3.21. The van der Waals surface area contributed by atoms with E-state index in [9.17, 15) is 0 Å². The maximum atomic E-state index is 6.16. The van der Waals surface area contributed by atoms with Crippen LogP contribution in [-0.4, -0.2) is 11.1 Å². The number of aromatic nitrogens is 1. The molecule has 1 aliphatic rings. The third kappa shape index (κ3) is 2.38. The van der Waals surface area contributed by atoms with Crippen LogP contribution in [0.1, 0.15) is 33.1 Å². The molecular formula is C16H21NO. The summed E-state index contributed by atoms with van der Waals surface area (Å²) >= 11 is 0. The standard InChI is InChI=1S/C16H21NO/c1-11-7-12(2)9-15(8-11)18-14-3-4-16-13(10-14)5-6-17-16/h3-6,10-12,15,17H,7-9H2,1-2H3. The normalized spacial score (nSPS) is 28.4. The highest BCUT2D eigenvalue weighted by atomic mass is 16.5. The Hall–Kier alpha value is -1.44. The molecule has 2 atom stereocenters. The van der Waals surface area contributed by atoms with E-state index in [4.69, 9.17) is 4.74 Å². The minimum atomic E-state index is 0.389. The molecule has 0 aliphatic heterocycles. The molecule has 1 N–H and O–H groups in total. The molecule has 0 saturated heterocycles. The van der Waals surface area contributed by atoms with Crippen LogP contribution in [0.25, 0.3) is 10.9 Å². The molecule has 1 aromatic heterocycles. The van der Waals surface area contributed by atoms with Crippen molar-refractivity contribution < 1.29 is 4.74 Å². The Morgan fingerprint density at radius 1 is 1.06 bits per heavy atom. The van der Waals surface area contributed by atoms with Crippen LogP contribution in [0.4, 0.5) is 0 Å². The van der Waals surface area contributed by atoms with Gasteiger partial charge in [-0.2, -0.15) is 0 Å². The van der Waals surface area contributed by atoms with Crippen molar-refractivity contribution >= 4 is 10.9 Å².